The number of rotatable bonds is 4. The third-order valence-electron chi connectivity index (χ3n) is 5.34. The molecule has 0 fully saturated rings. The molecular formula is C22H18F2N3O3S-. The van der Waals surface area contributed by atoms with E-state index in [1.54, 1.807) is 12.3 Å². The lowest BCUT2D eigenvalue weighted by atomic mass is 9.89. The number of carbonyl (C=O) groups is 1. The zero-order valence-corrected chi connectivity index (χ0v) is 17.5. The summed E-state index contributed by atoms with van der Waals surface area (Å²) in [5.74, 6) is -2.73. The minimum absolute atomic E-state index is 0.00190. The predicted octanol–water partition coefficient (Wildman–Crippen LogP) is 4.60. The lowest BCUT2D eigenvalue weighted by Gasteiger charge is -2.42. The Morgan fingerprint density at radius 2 is 1.94 bits per heavy atom. The molecule has 0 spiro atoms. The Kier molecular flexibility index (Phi) is 5.74. The monoisotopic (exact) mass is 442 g/mol. The van der Waals surface area contributed by atoms with E-state index in [2.05, 4.69) is 9.97 Å². The second-order valence-corrected chi connectivity index (χ2v) is 7.96. The molecule has 4 rings (SSSR count). The van der Waals surface area contributed by atoms with Crippen LogP contribution >= 0.6 is 11.8 Å². The molecule has 1 aromatic heterocycles. The summed E-state index contributed by atoms with van der Waals surface area (Å²) in [4.78, 5) is 20.5. The highest BCUT2D eigenvalue weighted by Gasteiger charge is 2.32. The number of hydrogen-bond acceptors (Lipinski definition) is 6. The fourth-order valence-corrected chi connectivity index (χ4v) is 4.19. The van der Waals surface area contributed by atoms with Gasteiger partial charge in [-0.1, -0.05) is 23.9 Å². The largest absolute Gasteiger partial charge is 0.784 e. The molecule has 1 atom stereocenters. The number of halogens is 2. The van der Waals surface area contributed by atoms with Crippen molar-refractivity contribution >= 4 is 17.7 Å². The minimum atomic E-state index is -1.26. The third kappa shape index (κ3) is 3.80. The van der Waals surface area contributed by atoms with Crippen molar-refractivity contribution in [2.24, 2.45) is 0 Å². The molecular weight excluding hydrogens is 424 g/mol. The van der Waals surface area contributed by atoms with Gasteiger partial charge in [0, 0.05) is 16.7 Å². The predicted molar refractivity (Wildman–Crippen MR) is 113 cm³/mol. The van der Waals surface area contributed by atoms with Gasteiger partial charge >= 0.3 is 5.97 Å². The second-order valence-electron chi connectivity index (χ2n) is 7.19. The molecule has 0 aliphatic carbocycles. The first-order chi connectivity index (χ1) is 14.8. The van der Waals surface area contributed by atoms with E-state index in [1.165, 1.54) is 30.0 Å². The summed E-state index contributed by atoms with van der Waals surface area (Å²) in [7, 11) is 0. The maximum atomic E-state index is 14.6. The maximum absolute atomic E-state index is 14.6. The number of hydroxylamine groups is 2. The Bertz CT molecular complexity index is 1170. The molecule has 0 bridgehead atoms. The molecule has 0 saturated carbocycles. The Morgan fingerprint density at radius 1 is 1.23 bits per heavy atom. The number of carboxylic acid groups (broad SMARTS) is 1. The van der Waals surface area contributed by atoms with Crippen molar-refractivity contribution in [3.05, 3.63) is 81.2 Å². The van der Waals surface area contributed by atoms with Crippen LogP contribution in [0.4, 0.5) is 8.78 Å². The van der Waals surface area contributed by atoms with E-state index in [9.17, 15) is 23.9 Å². The maximum Gasteiger partial charge on any atom is 0.335 e. The highest BCUT2D eigenvalue weighted by molar-refractivity contribution is 7.98. The topological polar surface area (TPSA) is 89.4 Å². The van der Waals surface area contributed by atoms with Crippen molar-refractivity contribution in [3.8, 4) is 11.3 Å². The van der Waals surface area contributed by atoms with Gasteiger partial charge in [0.05, 0.1) is 23.0 Å². The molecule has 1 N–H and O–H groups in total. The number of benzene rings is 2. The molecule has 1 unspecified atom stereocenters. The van der Waals surface area contributed by atoms with Crippen LogP contribution in [0.2, 0.25) is 0 Å². The van der Waals surface area contributed by atoms with Crippen molar-refractivity contribution in [2.45, 2.75) is 24.5 Å². The van der Waals surface area contributed by atoms with E-state index in [0.29, 0.717) is 27.0 Å². The normalized spacial score (nSPS) is 16.2. The van der Waals surface area contributed by atoms with Gasteiger partial charge in [-0.25, -0.2) is 23.5 Å². The van der Waals surface area contributed by atoms with Crippen molar-refractivity contribution < 1.29 is 18.7 Å². The quantitative estimate of drug-likeness (QED) is 0.467. The zero-order chi connectivity index (χ0) is 22.3. The molecule has 2 aromatic carbocycles. The molecule has 9 heteroatoms. The van der Waals surface area contributed by atoms with Gasteiger partial charge in [-0.15, -0.1) is 0 Å². The third-order valence-corrected chi connectivity index (χ3v) is 5.89. The van der Waals surface area contributed by atoms with Crippen molar-refractivity contribution in [2.75, 3.05) is 12.8 Å². The van der Waals surface area contributed by atoms with Crippen molar-refractivity contribution in [3.63, 3.8) is 0 Å². The molecule has 31 heavy (non-hydrogen) atoms. The Hall–Kier alpha value is -2.88. The fourth-order valence-electron chi connectivity index (χ4n) is 3.82. The van der Waals surface area contributed by atoms with Crippen LogP contribution in [0.25, 0.3) is 11.3 Å². The molecule has 6 nitrogen and oxygen atoms in total. The van der Waals surface area contributed by atoms with E-state index in [1.807, 2.05) is 6.92 Å². The second kappa shape index (κ2) is 8.33. The molecule has 1 aliphatic heterocycles. The average molecular weight is 442 g/mol. The van der Waals surface area contributed by atoms with E-state index in [-0.39, 0.29) is 29.8 Å². The minimum Gasteiger partial charge on any atom is -0.784 e. The van der Waals surface area contributed by atoms with Gasteiger partial charge in [-0.3, -0.25) is 0 Å². The van der Waals surface area contributed by atoms with E-state index < -0.39 is 23.6 Å². The number of aromatic carboxylic acids is 1. The van der Waals surface area contributed by atoms with E-state index in [4.69, 9.17) is 0 Å². The number of nitrogens with zero attached hydrogens (tertiary/aromatic N) is 3. The fraction of sp³-hybridized carbons (Fsp3) is 0.227. The molecule has 160 valence electrons. The summed E-state index contributed by atoms with van der Waals surface area (Å²) in [5.41, 5.74) is 2.41. The summed E-state index contributed by atoms with van der Waals surface area (Å²) >= 11 is 1.23. The van der Waals surface area contributed by atoms with Gasteiger partial charge < -0.3 is 15.4 Å². The first-order valence-corrected chi connectivity index (χ1v) is 10.7. The summed E-state index contributed by atoms with van der Waals surface area (Å²) in [6.07, 6.45) is 2.02. The van der Waals surface area contributed by atoms with Crippen LogP contribution < -0.4 is 0 Å². The lowest BCUT2D eigenvalue weighted by Crippen LogP contribution is -2.34. The standard InChI is InChI=1S/C22H18F2N3O3S/c1-11-6-7-12(21(28)29)10-14(11)18-13-8-9-27(30)20(19(13)26-22(25-18)31-2)17-15(23)4-3-5-16(17)24/h3-7,10,20H,8-9H2,1-2H3,(H,28,29)/q-1. The SMILES string of the molecule is CSc1nc(-c2cc(C(=O)O)ccc2C)c2c(n1)C(c1c(F)cccc1F)N([O-])CC2. The van der Waals surface area contributed by atoms with Crippen LogP contribution in [0.1, 0.15) is 38.8 Å². The van der Waals surface area contributed by atoms with Crippen molar-refractivity contribution in [1.29, 1.82) is 0 Å². The molecule has 1 aliphatic rings. The Labute approximate surface area is 181 Å². The number of fused-ring (bicyclic) bond motifs is 1. The van der Waals surface area contributed by atoms with Gasteiger partial charge in [-0.05, 0) is 56.0 Å². The molecule has 2 heterocycles. The number of hydrogen-bond donors (Lipinski definition) is 1. The van der Waals surface area contributed by atoms with Gasteiger partial charge in [0.15, 0.2) is 5.16 Å². The Morgan fingerprint density at radius 3 is 2.58 bits per heavy atom. The average Bonchev–Trinajstić information content (AvgIpc) is 2.74. The van der Waals surface area contributed by atoms with Crippen molar-refractivity contribution in [1.82, 2.24) is 15.0 Å². The summed E-state index contributed by atoms with van der Waals surface area (Å²) in [6.45, 7) is 1.82. The number of aromatic nitrogens is 2. The highest BCUT2D eigenvalue weighted by Crippen LogP contribution is 2.40. The summed E-state index contributed by atoms with van der Waals surface area (Å²) < 4.78 is 29.2. The molecule has 3 aromatic rings. The van der Waals surface area contributed by atoms with Gasteiger partial charge in [0.1, 0.15) is 11.6 Å². The zero-order valence-electron chi connectivity index (χ0n) is 16.7. The number of aryl methyl sites for hydroxylation is 1. The van der Waals surface area contributed by atoms with E-state index in [0.717, 1.165) is 17.7 Å². The van der Waals surface area contributed by atoms with Crippen LogP contribution in [0.3, 0.4) is 0 Å². The van der Waals surface area contributed by atoms with Gasteiger partial charge in [0.25, 0.3) is 0 Å². The van der Waals surface area contributed by atoms with Crippen LogP contribution in [0, 0.1) is 23.8 Å². The lowest BCUT2D eigenvalue weighted by molar-refractivity contribution is 0.0697. The summed E-state index contributed by atoms with van der Waals surface area (Å²) in [6, 6.07) is 6.90. The first-order valence-electron chi connectivity index (χ1n) is 9.48. The summed E-state index contributed by atoms with van der Waals surface area (Å²) in [5, 5.41) is 23.1. The first kappa shape index (κ1) is 21.4. The van der Waals surface area contributed by atoms with Gasteiger partial charge in [0.2, 0.25) is 0 Å². The molecule has 0 saturated heterocycles. The highest BCUT2D eigenvalue weighted by atomic mass is 32.2. The smallest absolute Gasteiger partial charge is 0.335 e. The number of carboxylic acids is 1. The van der Waals surface area contributed by atoms with E-state index >= 15 is 0 Å². The van der Waals surface area contributed by atoms with Gasteiger partial charge in [-0.2, -0.15) is 0 Å². The van der Waals surface area contributed by atoms with Crippen LogP contribution in [0.15, 0.2) is 41.6 Å². The van der Waals surface area contributed by atoms with Crippen LogP contribution in [0.5, 0.6) is 0 Å². The Balaban J connectivity index is 2.00. The number of thioether (sulfide) groups is 1. The molecule has 0 radical (unpaired) electrons. The molecule has 0 amide bonds. The van der Waals surface area contributed by atoms with Crippen LogP contribution in [-0.4, -0.2) is 38.9 Å². The van der Waals surface area contributed by atoms with Crippen LogP contribution in [-0.2, 0) is 6.42 Å².